The van der Waals surface area contributed by atoms with E-state index in [9.17, 15) is 0 Å². The van der Waals surface area contributed by atoms with Crippen LogP contribution in [0.5, 0.6) is 0 Å². The summed E-state index contributed by atoms with van der Waals surface area (Å²) in [4.78, 5) is 5.47. The predicted molar refractivity (Wildman–Crippen MR) is 170 cm³/mol. The minimum atomic E-state index is 0. The first-order valence-corrected chi connectivity index (χ1v) is 14.0. The van der Waals surface area contributed by atoms with Gasteiger partial charge in [0.25, 0.3) is 0 Å². The predicted octanol–water partition coefficient (Wildman–Crippen LogP) is 9.47. The first kappa shape index (κ1) is 26.4. The zero-order valence-electron chi connectivity index (χ0n) is 23.6. The number of rotatable bonds is 3. The van der Waals surface area contributed by atoms with Crippen molar-refractivity contribution in [2.75, 3.05) is 0 Å². The third kappa shape index (κ3) is 4.03. The molecule has 0 aliphatic carbocycles. The summed E-state index contributed by atoms with van der Waals surface area (Å²) in [6.45, 7) is 6.45. The maximum Gasteiger partial charge on any atom is 2.00 e. The van der Waals surface area contributed by atoms with Crippen molar-refractivity contribution in [3.8, 4) is 22.5 Å². The fraction of sp³-hybridized carbons (Fsp3) is 0.0789. The van der Waals surface area contributed by atoms with Crippen molar-refractivity contribution in [3.05, 3.63) is 138 Å². The standard InChI is InChI=1S/C38H27N3.Pt/c1-24-16-18-35-31(20-24)33-23-34-32-21-25(2)17-19-36(32)41(38(34)39-37(33)40(35)28-12-5-4-6-13-28)29-14-9-11-27(22-29)30-15-8-7-10-26(30)3;/h4-12,14-21,23H,1-3H3;/q-2;+2. The monoisotopic (exact) mass is 720 g/mol. The number of hydrogen-bond donors (Lipinski definition) is 0. The van der Waals surface area contributed by atoms with Crippen molar-refractivity contribution in [1.29, 1.82) is 0 Å². The van der Waals surface area contributed by atoms with Crippen LogP contribution in [0.1, 0.15) is 16.7 Å². The minimum absolute atomic E-state index is 0. The summed E-state index contributed by atoms with van der Waals surface area (Å²) in [7, 11) is 0. The summed E-state index contributed by atoms with van der Waals surface area (Å²) in [6, 6.07) is 45.8. The Morgan fingerprint density at radius 2 is 1.19 bits per heavy atom. The van der Waals surface area contributed by atoms with E-state index in [2.05, 4.69) is 139 Å². The van der Waals surface area contributed by atoms with Gasteiger partial charge in [-0.15, -0.1) is 35.9 Å². The Kier molecular flexibility index (Phi) is 6.37. The van der Waals surface area contributed by atoms with Gasteiger partial charge in [-0.3, -0.25) is 0 Å². The molecule has 0 aliphatic rings. The maximum atomic E-state index is 5.47. The smallest absolute Gasteiger partial charge is 0.318 e. The molecule has 3 heterocycles. The average molecular weight is 721 g/mol. The first-order chi connectivity index (χ1) is 20.1. The van der Waals surface area contributed by atoms with Gasteiger partial charge >= 0.3 is 21.1 Å². The van der Waals surface area contributed by atoms with Crippen LogP contribution in [-0.4, -0.2) is 14.1 Å². The molecule has 0 saturated carbocycles. The van der Waals surface area contributed by atoms with E-state index < -0.39 is 0 Å². The topological polar surface area (TPSA) is 22.8 Å². The molecule has 204 valence electrons. The van der Waals surface area contributed by atoms with Gasteiger partial charge in [0.05, 0.1) is 11.0 Å². The second-order valence-electron chi connectivity index (χ2n) is 11.0. The molecule has 8 aromatic rings. The summed E-state index contributed by atoms with van der Waals surface area (Å²) >= 11 is 0. The molecule has 0 atom stereocenters. The number of nitrogens with zero attached hydrogens (tertiary/aromatic N) is 3. The van der Waals surface area contributed by atoms with Crippen molar-refractivity contribution >= 4 is 43.9 Å². The van der Waals surface area contributed by atoms with Gasteiger partial charge in [-0.05, 0) is 56.8 Å². The number of aryl methyl sites for hydroxylation is 3. The molecule has 0 saturated heterocycles. The van der Waals surface area contributed by atoms with Crippen LogP contribution in [0.25, 0.3) is 66.4 Å². The average Bonchev–Trinajstić information content (AvgIpc) is 3.48. The van der Waals surface area contributed by atoms with Crippen LogP contribution in [0.2, 0.25) is 0 Å². The number of para-hydroxylation sites is 1. The maximum absolute atomic E-state index is 5.47. The van der Waals surface area contributed by atoms with Crippen molar-refractivity contribution < 1.29 is 21.1 Å². The first-order valence-electron chi connectivity index (χ1n) is 14.0. The van der Waals surface area contributed by atoms with E-state index in [-0.39, 0.29) is 21.1 Å². The Morgan fingerprint density at radius 1 is 0.571 bits per heavy atom. The molecule has 3 aromatic heterocycles. The molecule has 8 rings (SSSR count). The van der Waals surface area contributed by atoms with Crippen LogP contribution in [0.4, 0.5) is 0 Å². The zero-order chi connectivity index (χ0) is 27.7. The van der Waals surface area contributed by atoms with Crippen LogP contribution in [0, 0.1) is 32.9 Å². The van der Waals surface area contributed by atoms with Gasteiger partial charge in [-0.1, -0.05) is 64.3 Å². The van der Waals surface area contributed by atoms with Crippen molar-refractivity contribution in [2.45, 2.75) is 20.8 Å². The number of fused-ring (bicyclic) bond motifs is 6. The Morgan fingerprint density at radius 3 is 1.83 bits per heavy atom. The molecule has 0 aliphatic heterocycles. The molecule has 4 heteroatoms. The van der Waals surface area contributed by atoms with E-state index >= 15 is 0 Å². The van der Waals surface area contributed by atoms with Gasteiger partial charge in [0.2, 0.25) is 0 Å². The molecule has 5 aromatic carbocycles. The number of pyridine rings is 1. The molecule has 0 radical (unpaired) electrons. The minimum Gasteiger partial charge on any atom is -0.318 e. The number of aromatic nitrogens is 3. The molecular formula is C38H27N3Pt. The molecule has 0 unspecified atom stereocenters. The molecular weight excluding hydrogens is 694 g/mol. The number of hydrogen-bond acceptors (Lipinski definition) is 1. The Balaban J connectivity index is 0.00000288. The largest absolute Gasteiger partial charge is 2.00 e. The summed E-state index contributed by atoms with van der Waals surface area (Å²) in [5.41, 5.74) is 12.0. The van der Waals surface area contributed by atoms with E-state index in [1.54, 1.807) is 0 Å². The van der Waals surface area contributed by atoms with Gasteiger partial charge in [-0.2, -0.15) is 24.3 Å². The quantitative estimate of drug-likeness (QED) is 0.167. The summed E-state index contributed by atoms with van der Waals surface area (Å²) in [6.07, 6.45) is 0. The van der Waals surface area contributed by atoms with E-state index in [0.717, 1.165) is 50.0 Å². The molecule has 0 bridgehead atoms. The van der Waals surface area contributed by atoms with E-state index in [1.807, 2.05) is 12.1 Å². The Labute approximate surface area is 259 Å². The molecule has 42 heavy (non-hydrogen) atoms. The van der Waals surface area contributed by atoms with Gasteiger partial charge in [-0.25, -0.2) is 4.98 Å². The van der Waals surface area contributed by atoms with Gasteiger partial charge < -0.3 is 9.13 Å². The second kappa shape index (κ2) is 10.1. The van der Waals surface area contributed by atoms with Gasteiger partial charge in [0.15, 0.2) is 0 Å². The van der Waals surface area contributed by atoms with E-state index in [1.165, 1.54) is 33.0 Å². The molecule has 0 amide bonds. The molecule has 0 N–H and O–H groups in total. The fourth-order valence-electron chi connectivity index (χ4n) is 6.21. The van der Waals surface area contributed by atoms with Crippen LogP contribution in [0.3, 0.4) is 0 Å². The molecule has 0 spiro atoms. The van der Waals surface area contributed by atoms with Gasteiger partial charge in [0, 0.05) is 21.5 Å². The van der Waals surface area contributed by atoms with Crippen LogP contribution in [0.15, 0.2) is 109 Å². The molecule has 3 nitrogen and oxygen atoms in total. The summed E-state index contributed by atoms with van der Waals surface area (Å²) < 4.78 is 4.51. The normalized spacial score (nSPS) is 11.5. The summed E-state index contributed by atoms with van der Waals surface area (Å²) in [5.74, 6) is 0. The third-order valence-electron chi connectivity index (χ3n) is 8.16. The van der Waals surface area contributed by atoms with E-state index in [4.69, 9.17) is 4.98 Å². The second-order valence-corrected chi connectivity index (χ2v) is 11.0. The zero-order valence-corrected chi connectivity index (χ0v) is 25.8. The SMILES string of the molecule is Cc1ccc2c(c1)c1cc3c4cc(C)ccc4n(-c4[c-]c(-c5ccccc5C)ccc4)c3nc1n2-c1[c-]cccc1.[Pt+2]. The molecule has 0 fully saturated rings. The Hall–Kier alpha value is -4.46. The van der Waals surface area contributed by atoms with Crippen LogP contribution >= 0.6 is 0 Å². The van der Waals surface area contributed by atoms with Crippen molar-refractivity contribution in [2.24, 2.45) is 0 Å². The van der Waals surface area contributed by atoms with Crippen molar-refractivity contribution in [1.82, 2.24) is 14.1 Å². The fourth-order valence-corrected chi connectivity index (χ4v) is 6.21. The van der Waals surface area contributed by atoms with E-state index in [0.29, 0.717) is 0 Å². The van der Waals surface area contributed by atoms with Crippen LogP contribution < -0.4 is 0 Å². The van der Waals surface area contributed by atoms with Gasteiger partial charge in [0.1, 0.15) is 11.3 Å². The van der Waals surface area contributed by atoms with Crippen molar-refractivity contribution in [3.63, 3.8) is 0 Å². The third-order valence-corrected chi connectivity index (χ3v) is 8.16. The van der Waals surface area contributed by atoms with Crippen LogP contribution in [-0.2, 0) is 21.1 Å². The Bertz CT molecular complexity index is 2290. The number of benzene rings is 5. The summed E-state index contributed by atoms with van der Waals surface area (Å²) in [5, 5.41) is 4.69.